The summed E-state index contributed by atoms with van der Waals surface area (Å²) in [7, 11) is 0. The highest BCUT2D eigenvalue weighted by Crippen LogP contribution is 2.19. The molecule has 1 amide bonds. The van der Waals surface area contributed by atoms with Crippen molar-refractivity contribution in [3.63, 3.8) is 0 Å². The number of carbonyl (C=O) groups is 1. The lowest BCUT2D eigenvalue weighted by Gasteiger charge is -2.10. The van der Waals surface area contributed by atoms with Crippen LogP contribution in [0.3, 0.4) is 0 Å². The van der Waals surface area contributed by atoms with Gasteiger partial charge in [-0.25, -0.2) is 0 Å². The average molecular weight is 349 g/mol. The molecule has 1 N–H and O–H groups in total. The first-order chi connectivity index (χ1) is 12.5. The van der Waals surface area contributed by atoms with E-state index in [0.717, 1.165) is 0 Å². The van der Waals surface area contributed by atoms with Gasteiger partial charge in [-0.3, -0.25) is 24.3 Å². The Morgan fingerprint density at radius 3 is 2.46 bits per heavy atom. The van der Waals surface area contributed by atoms with Gasteiger partial charge in [0, 0.05) is 35.1 Å². The molecule has 0 fully saturated rings. The number of carbonyl (C=O) groups excluding carboxylic acids is 1. The number of nitrogens with zero attached hydrogens (tertiary/aromatic N) is 2. The Bertz CT molecular complexity index is 1040. The largest absolute Gasteiger partial charge is 0.321 e. The van der Waals surface area contributed by atoms with Crippen LogP contribution in [0.1, 0.15) is 15.9 Å². The molecule has 7 heteroatoms. The van der Waals surface area contributed by atoms with E-state index < -0.39 is 10.8 Å². The molecule has 1 heterocycles. The molecule has 130 valence electrons. The third-order valence-corrected chi connectivity index (χ3v) is 3.86. The number of nitro groups is 1. The number of hydrogen-bond donors (Lipinski definition) is 1. The van der Waals surface area contributed by atoms with E-state index in [-0.39, 0.29) is 11.2 Å². The van der Waals surface area contributed by atoms with Crippen molar-refractivity contribution >= 4 is 17.3 Å². The van der Waals surface area contributed by atoms with Crippen LogP contribution < -0.4 is 10.9 Å². The number of aryl methyl sites for hydroxylation is 1. The molecule has 0 radical (unpaired) electrons. The van der Waals surface area contributed by atoms with Gasteiger partial charge in [-0.1, -0.05) is 18.2 Å². The lowest BCUT2D eigenvalue weighted by atomic mass is 10.1. The van der Waals surface area contributed by atoms with Crippen LogP contribution in [0.2, 0.25) is 0 Å². The van der Waals surface area contributed by atoms with E-state index in [1.807, 2.05) is 18.2 Å². The summed E-state index contributed by atoms with van der Waals surface area (Å²) >= 11 is 0. The smallest absolute Gasteiger partial charge is 0.272 e. The lowest BCUT2D eigenvalue weighted by molar-refractivity contribution is -0.385. The fourth-order valence-electron chi connectivity index (χ4n) is 2.56. The van der Waals surface area contributed by atoms with Gasteiger partial charge in [-0.05, 0) is 37.3 Å². The Labute approximate surface area is 148 Å². The van der Waals surface area contributed by atoms with Crippen molar-refractivity contribution in [2.24, 2.45) is 0 Å². The second-order valence-electron chi connectivity index (χ2n) is 5.67. The summed E-state index contributed by atoms with van der Waals surface area (Å²) in [6, 6.07) is 16.1. The average Bonchev–Trinajstić information content (AvgIpc) is 2.63. The van der Waals surface area contributed by atoms with E-state index in [4.69, 9.17) is 0 Å². The number of nitro benzene ring substituents is 1. The summed E-state index contributed by atoms with van der Waals surface area (Å²) in [5.41, 5.74) is 1.55. The topological polar surface area (TPSA) is 94.2 Å². The van der Waals surface area contributed by atoms with Crippen molar-refractivity contribution < 1.29 is 9.72 Å². The van der Waals surface area contributed by atoms with Gasteiger partial charge in [0.2, 0.25) is 0 Å². The number of anilines is 1. The van der Waals surface area contributed by atoms with Crippen LogP contribution in [0.15, 0.2) is 71.7 Å². The Balaban J connectivity index is 1.87. The fourth-order valence-corrected chi connectivity index (χ4v) is 2.56. The van der Waals surface area contributed by atoms with Crippen LogP contribution in [-0.4, -0.2) is 15.4 Å². The van der Waals surface area contributed by atoms with Gasteiger partial charge in [0.15, 0.2) is 0 Å². The molecular weight excluding hydrogens is 334 g/mol. The van der Waals surface area contributed by atoms with Gasteiger partial charge in [0.25, 0.3) is 17.2 Å². The van der Waals surface area contributed by atoms with Crippen molar-refractivity contribution in [2.45, 2.75) is 6.92 Å². The standard InChI is InChI=1S/C19H15N3O4/c1-13-11-14(7-9-17(13)22(25)26)19(24)20-15-8-10-18(23)21(12-15)16-5-3-2-4-6-16/h2-12H,1H3,(H,20,24). The molecule has 3 aromatic rings. The minimum Gasteiger partial charge on any atom is -0.321 e. The van der Waals surface area contributed by atoms with Crippen LogP contribution in [-0.2, 0) is 0 Å². The molecule has 0 bridgehead atoms. The van der Waals surface area contributed by atoms with Gasteiger partial charge in [0.1, 0.15) is 0 Å². The number of benzene rings is 2. The van der Waals surface area contributed by atoms with Crippen molar-refractivity contribution in [2.75, 3.05) is 5.32 Å². The zero-order valence-electron chi connectivity index (χ0n) is 13.9. The maximum atomic E-state index is 12.4. The number of pyridine rings is 1. The van der Waals surface area contributed by atoms with Gasteiger partial charge in [-0.2, -0.15) is 0 Å². The lowest BCUT2D eigenvalue weighted by Crippen LogP contribution is -2.19. The van der Waals surface area contributed by atoms with Crippen LogP contribution >= 0.6 is 0 Å². The first kappa shape index (κ1) is 17.1. The second-order valence-corrected chi connectivity index (χ2v) is 5.67. The maximum Gasteiger partial charge on any atom is 0.272 e. The number of hydrogen-bond acceptors (Lipinski definition) is 4. The highest BCUT2D eigenvalue weighted by atomic mass is 16.6. The predicted octanol–water partition coefficient (Wildman–Crippen LogP) is 3.31. The Morgan fingerprint density at radius 1 is 1.08 bits per heavy atom. The van der Waals surface area contributed by atoms with E-state index in [9.17, 15) is 19.7 Å². The van der Waals surface area contributed by atoms with Crippen molar-refractivity contribution in [3.05, 3.63) is 98.5 Å². The second kappa shape index (κ2) is 7.02. The van der Waals surface area contributed by atoms with Crippen LogP contribution in [0.25, 0.3) is 5.69 Å². The molecule has 0 saturated heterocycles. The molecule has 0 aliphatic heterocycles. The molecule has 2 aromatic carbocycles. The molecule has 0 atom stereocenters. The van der Waals surface area contributed by atoms with E-state index in [1.165, 1.54) is 41.1 Å². The van der Waals surface area contributed by atoms with Gasteiger partial charge < -0.3 is 5.32 Å². The van der Waals surface area contributed by atoms with Crippen LogP contribution in [0.4, 0.5) is 11.4 Å². The SMILES string of the molecule is Cc1cc(C(=O)Nc2ccc(=O)n(-c3ccccc3)c2)ccc1[N+](=O)[O-]. The Kier molecular flexibility index (Phi) is 4.62. The first-order valence-electron chi connectivity index (χ1n) is 7.80. The number of aromatic nitrogens is 1. The quantitative estimate of drug-likeness (QED) is 0.577. The number of rotatable bonds is 4. The van der Waals surface area contributed by atoms with Crippen LogP contribution in [0, 0.1) is 17.0 Å². The summed E-state index contributed by atoms with van der Waals surface area (Å²) in [6.45, 7) is 1.57. The summed E-state index contributed by atoms with van der Waals surface area (Å²) < 4.78 is 1.43. The molecule has 0 aliphatic rings. The molecule has 0 unspecified atom stereocenters. The molecule has 0 aliphatic carbocycles. The third kappa shape index (κ3) is 3.51. The van der Waals surface area contributed by atoms with Gasteiger partial charge in [-0.15, -0.1) is 0 Å². The fraction of sp³-hybridized carbons (Fsp3) is 0.0526. The van der Waals surface area contributed by atoms with Crippen LogP contribution in [0.5, 0.6) is 0 Å². The van der Waals surface area contributed by atoms with E-state index in [0.29, 0.717) is 22.5 Å². The van der Waals surface area contributed by atoms with Gasteiger partial charge in [0.05, 0.1) is 10.6 Å². The van der Waals surface area contributed by atoms with Crippen molar-refractivity contribution in [3.8, 4) is 5.69 Å². The summed E-state index contributed by atoms with van der Waals surface area (Å²) in [5.74, 6) is -0.416. The molecular formula is C19H15N3O4. The van der Waals surface area contributed by atoms with Gasteiger partial charge >= 0.3 is 0 Å². The highest BCUT2D eigenvalue weighted by molar-refractivity contribution is 6.04. The summed E-state index contributed by atoms with van der Waals surface area (Å²) in [6.07, 6.45) is 1.54. The zero-order chi connectivity index (χ0) is 18.7. The van der Waals surface area contributed by atoms with E-state index >= 15 is 0 Å². The Morgan fingerprint density at radius 2 is 1.81 bits per heavy atom. The predicted molar refractivity (Wildman–Crippen MR) is 97.8 cm³/mol. The number of nitrogens with one attached hydrogen (secondary N) is 1. The maximum absolute atomic E-state index is 12.4. The van der Waals surface area contributed by atoms with Crippen molar-refractivity contribution in [1.82, 2.24) is 4.57 Å². The first-order valence-corrected chi connectivity index (χ1v) is 7.80. The molecule has 1 aromatic heterocycles. The number of para-hydroxylation sites is 1. The zero-order valence-corrected chi connectivity index (χ0v) is 13.9. The Hall–Kier alpha value is -3.74. The van der Waals surface area contributed by atoms with Crippen molar-refractivity contribution in [1.29, 1.82) is 0 Å². The minimum atomic E-state index is -0.493. The molecule has 3 rings (SSSR count). The van der Waals surface area contributed by atoms with E-state index in [2.05, 4.69) is 5.32 Å². The minimum absolute atomic E-state index is 0.0424. The molecule has 0 saturated carbocycles. The summed E-state index contributed by atoms with van der Waals surface area (Å²) in [4.78, 5) is 34.8. The normalized spacial score (nSPS) is 10.3. The number of amides is 1. The van der Waals surface area contributed by atoms with E-state index in [1.54, 1.807) is 19.1 Å². The molecule has 0 spiro atoms. The highest BCUT2D eigenvalue weighted by Gasteiger charge is 2.14. The third-order valence-electron chi connectivity index (χ3n) is 3.86. The molecule has 26 heavy (non-hydrogen) atoms. The monoisotopic (exact) mass is 349 g/mol. The molecule has 7 nitrogen and oxygen atoms in total. The summed E-state index contributed by atoms with van der Waals surface area (Å²) in [5, 5.41) is 13.6.